The minimum absolute atomic E-state index is 0.109. The van der Waals surface area contributed by atoms with Crippen molar-refractivity contribution in [1.82, 2.24) is 0 Å². The number of esters is 1. The standard InChI is InChI=1S/C16H30O2Si/c1-11(2)14(18-15(17)16(3,4)5)13-9-12(13)10-19(6,7)8/h12-13H,9-10H2,1-8H3/t12-,13-/m0/s1. The summed E-state index contributed by atoms with van der Waals surface area (Å²) in [4.78, 5) is 12.1. The van der Waals surface area contributed by atoms with Crippen LogP contribution in [0.4, 0.5) is 0 Å². The van der Waals surface area contributed by atoms with Gasteiger partial charge in [-0.2, -0.15) is 0 Å². The molecule has 0 aromatic carbocycles. The monoisotopic (exact) mass is 282 g/mol. The third-order valence-electron chi connectivity index (χ3n) is 3.44. The molecular weight excluding hydrogens is 252 g/mol. The Labute approximate surface area is 119 Å². The zero-order chi connectivity index (χ0) is 15.0. The molecule has 0 amide bonds. The number of ether oxygens (including phenoxy) is 1. The fourth-order valence-electron chi connectivity index (χ4n) is 2.38. The van der Waals surface area contributed by atoms with Crippen molar-refractivity contribution in [2.75, 3.05) is 0 Å². The summed E-state index contributed by atoms with van der Waals surface area (Å²) in [5.41, 5.74) is 0.727. The van der Waals surface area contributed by atoms with E-state index in [1.54, 1.807) is 0 Å². The van der Waals surface area contributed by atoms with Gasteiger partial charge in [0.2, 0.25) is 0 Å². The fraction of sp³-hybridized carbons (Fsp3) is 0.812. The Morgan fingerprint density at radius 1 is 1.21 bits per heavy atom. The first-order chi connectivity index (χ1) is 8.42. The molecule has 110 valence electrons. The van der Waals surface area contributed by atoms with Gasteiger partial charge in [-0.3, -0.25) is 4.79 Å². The van der Waals surface area contributed by atoms with Gasteiger partial charge in [0.25, 0.3) is 0 Å². The van der Waals surface area contributed by atoms with E-state index in [0.717, 1.165) is 17.3 Å². The van der Waals surface area contributed by atoms with E-state index in [2.05, 4.69) is 33.5 Å². The molecule has 0 aliphatic heterocycles. The van der Waals surface area contributed by atoms with Crippen LogP contribution < -0.4 is 0 Å². The third kappa shape index (κ3) is 5.13. The van der Waals surface area contributed by atoms with Crippen molar-refractivity contribution in [3.63, 3.8) is 0 Å². The minimum Gasteiger partial charge on any atom is -0.430 e. The molecule has 1 aliphatic carbocycles. The van der Waals surface area contributed by atoms with Gasteiger partial charge in [0, 0.05) is 14.0 Å². The molecule has 1 fully saturated rings. The van der Waals surface area contributed by atoms with Crippen LogP contribution in [0.15, 0.2) is 11.3 Å². The Kier molecular flexibility index (Phi) is 4.71. The highest BCUT2D eigenvalue weighted by Gasteiger charge is 2.44. The van der Waals surface area contributed by atoms with Crippen LogP contribution >= 0.6 is 0 Å². The van der Waals surface area contributed by atoms with Crippen molar-refractivity contribution in [2.45, 2.75) is 66.7 Å². The fourth-order valence-corrected chi connectivity index (χ4v) is 4.41. The van der Waals surface area contributed by atoms with Gasteiger partial charge in [-0.15, -0.1) is 0 Å². The summed E-state index contributed by atoms with van der Waals surface area (Å²) < 4.78 is 5.70. The van der Waals surface area contributed by atoms with E-state index in [4.69, 9.17) is 4.74 Å². The predicted molar refractivity (Wildman–Crippen MR) is 83.7 cm³/mol. The Bertz CT molecular complexity index is 379. The van der Waals surface area contributed by atoms with Gasteiger partial charge >= 0.3 is 5.97 Å². The van der Waals surface area contributed by atoms with Crippen molar-refractivity contribution in [3.05, 3.63) is 11.3 Å². The van der Waals surface area contributed by atoms with Crippen molar-refractivity contribution >= 4 is 14.0 Å². The first-order valence-electron chi connectivity index (χ1n) is 7.31. The summed E-state index contributed by atoms with van der Waals surface area (Å²) >= 11 is 0. The topological polar surface area (TPSA) is 26.3 Å². The number of hydrogen-bond donors (Lipinski definition) is 0. The molecule has 2 nitrogen and oxygen atoms in total. The van der Waals surface area contributed by atoms with Gasteiger partial charge < -0.3 is 4.74 Å². The van der Waals surface area contributed by atoms with Gasteiger partial charge in [0.1, 0.15) is 5.76 Å². The van der Waals surface area contributed by atoms with Crippen LogP contribution in [0.5, 0.6) is 0 Å². The largest absolute Gasteiger partial charge is 0.430 e. The second kappa shape index (κ2) is 5.43. The molecule has 19 heavy (non-hydrogen) atoms. The van der Waals surface area contributed by atoms with Crippen LogP contribution in [0, 0.1) is 17.3 Å². The minimum atomic E-state index is -1.02. The smallest absolute Gasteiger partial charge is 0.316 e. The first-order valence-corrected chi connectivity index (χ1v) is 11.0. The quantitative estimate of drug-likeness (QED) is 0.419. The van der Waals surface area contributed by atoms with Gasteiger partial charge in [-0.05, 0) is 52.5 Å². The van der Waals surface area contributed by atoms with Crippen LogP contribution in [0.25, 0.3) is 0 Å². The van der Waals surface area contributed by atoms with E-state index < -0.39 is 13.5 Å². The van der Waals surface area contributed by atoms with Gasteiger partial charge in [0.15, 0.2) is 0 Å². The van der Waals surface area contributed by atoms with Crippen LogP contribution in [-0.2, 0) is 9.53 Å². The van der Waals surface area contributed by atoms with Gasteiger partial charge in [0.05, 0.1) is 5.41 Å². The molecule has 1 saturated carbocycles. The van der Waals surface area contributed by atoms with Crippen molar-refractivity contribution in [1.29, 1.82) is 0 Å². The van der Waals surface area contributed by atoms with E-state index in [1.807, 2.05) is 20.8 Å². The summed E-state index contributed by atoms with van der Waals surface area (Å²) in [6, 6.07) is 1.33. The van der Waals surface area contributed by atoms with E-state index >= 15 is 0 Å². The number of carbonyl (C=O) groups excluding carboxylic acids is 1. The first kappa shape index (κ1) is 16.5. The zero-order valence-corrected chi connectivity index (χ0v) is 14.9. The third-order valence-corrected chi connectivity index (χ3v) is 5.19. The molecule has 0 bridgehead atoms. The molecule has 0 radical (unpaired) electrons. The maximum absolute atomic E-state index is 12.1. The Hall–Kier alpha value is -0.573. The summed E-state index contributed by atoms with van der Waals surface area (Å²) in [7, 11) is -1.02. The predicted octanol–water partition coefficient (Wildman–Crippen LogP) is 4.84. The van der Waals surface area contributed by atoms with Crippen LogP contribution in [0.3, 0.4) is 0 Å². The lowest BCUT2D eigenvalue weighted by molar-refractivity contribution is -0.149. The molecule has 3 heteroatoms. The van der Waals surface area contributed by atoms with Crippen molar-refractivity contribution in [3.8, 4) is 0 Å². The second-order valence-electron chi connectivity index (χ2n) is 8.37. The molecule has 0 spiro atoms. The van der Waals surface area contributed by atoms with Crippen LogP contribution in [0.2, 0.25) is 25.7 Å². The number of carbonyl (C=O) groups is 1. The molecule has 1 aliphatic rings. The SMILES string of the molecule is CC(C)=C(OC(=O)C(C)(C)C)[C@H]1C[C@H]1C[Si](C)(C)C. The molecule has 0 N–H and O–H groups in total. The highest BCUT2D eigenvalue weighted by Crippen LogP contribution is 2.50. The number of rotatable bonds is 4. The number of allylic oxidation sites excluding steroid dienone is 2. The van der Waals surface area contributed by atoms with Gasteiger partial charge in [-0.25, -0.2) is 0 Å². The molecule has 1 rings (SSSR count). The lowest BCUT2D eigenvalue weighted by Crippen LogP contribution is -2.24. The molecular formula is C16H30O2Si. The molecule has 0 unspecified atom stereocenters. The average molecular weight is 282 g/mol. The van der Waals surface area contributed by atoms with Crippen molar-refractivity contribution < 1.29 is 9.53 Å². The summed E-state index contributed by atoms with van der Waals surface area (Å²) in [6.07, 6.45) is 1.20. The van der Waals surface area contributed by atoms with Gasteiger partial charge in [-0.1, -0.05) is 25.7 Å². The van der Waals surface area contributed by atoms with E-state index in [9.17, 15) is 4.79 Å². The zero-order valence-electron chi connectivity index (χ0n) is 13.9. The summed E-state index contributed by atoms with van der Waals surface area (Å²) in [5, 5.41) is 0. The highest BCUT2D eigenvalue weighted by molar-refractivity contribution is 6.76. The van der Waals surface area contributed by atoms with Crippen LogP contribution in [0.1, 0.15) is 41.0 Å². The summed E-state index contributed by atoms with van der Waals surface area (Å²) in [6.45, 7) is 17.0. The Morgan fingerprint density at radius 3 is 2.11 bits per heavy atom. The van der Waals surface area contributed by atoms with E-state index in [0.29, 0.717) is 5.92 Å². The molecule has 0 heterocycles. The van der Waals surface area contributed by atoms with E-state index in [1.165, 1.54) is 12.5 Å². The number of hydrogen-bond acceptors (Lipinski definition) is 2. The molecule has 0 aromatic rings. The maximum atomic E-state index is 12.1. The lowest BCUT2D eigenvalue weighted by atomic mass is 9.97. The molecule has 0 saturated heterocycles. The maximum Gasteiger partial charge on any atom is 0.316 e. The molecule has 0 aromatic heterocycles. The van der Waals surface area contributed by atoms with Crippen molar-refractivity contribution in [2.24, 2.45) is 17.3 Å². The normalized spacial score (nSPS) is 22.9. The van der Waals surface area contributed by atoms with E-state index in [-0.39, 0.29) is 5.97 Å². The summed E-state index contributed by atoms with van der Waals surface area (Å²) in [5.74, 6) is 2.07. The highest BCUT2D eigenvalue weighted by atomic mass is 28.3. The Balaban J connectivity index is 2.69. The van der Waals surface area contributed by atoms with Crippen LogP contribution in [-0.4, -0.2) is 14.0 Å². The molecule has 2 atom stereocenters. The second-order valence-corrected chi connectivity index (χ2v) is 13.9. The lowest BCUT2D eigenvalue weighted by Gasteiger charge is -2.20. The average Bonchev–Trinajstić information content (AvgIpc) is 2.87. The Morgan fingerprint density at radius 2 is 1.74 bits per heavy atom.